The van der Waals surface area contributed by atoms with Crippen LogP contribution in [-0.4, -0.2) is 11.6 Å². The highest BCUT2D eigenvalue weighted by Gasteiger charge is 2.38. The molecule has 1 saturated carbocycles. The molecule has 2 nitrogen and oxygen atoms in total. The summed E-state index contributed by atoms with van der Waals surface area (Å²) < 4.78 is 6.84. The molecule has 1 aliphatic carbocycles. The summed E-state index contributed by atoms with van der Waals surface area (Å²) in [6.45, 7) is 2.11. The van der Waals surface area contributed by atoms with Crippen molar-refractivity contribution in [2.75, 3.05) is 0 Å². The number of rotatable bonds is 2. The van der Waals surface area contributed by atoms with E-state index in [0.29, 0.717) is 6.10 Å². The van der Waals surface area contributed by atoms with Gasteiger partial charge in [0.2, 0.25) is 0 Å². The minimum absolute atomic E-state index is 0.0821. The van der Waals surface area contributed by atoms with E-state index in [4.69, 9.17) is 10.5 Å². The van der Waals surface area contributed by atoms with Crippen LogP contribution in [0.5, 0.6) is 5.75 Å². The molecule has 3 heteroatoms. The van der Waals surface area contributed by atoms with Crippen LogP contribution >= 0.6 is 15.9 Å². The number of ether oxygens (including phenoxy) is 1. The zero-order valence-electron chi connectivity index (χ0n) is 9.42. The lowest BCUT2D eigenvalue weighted by molar-refractivity contribution is 0.253. The predicted molar refractivity (Wildman–Crippen MR) is 67.8 cm³/mol. The van der Waals surface area contributed by atoms with E-state index < -0.39 is 0 Å². The summed E-state index contributed by atoms with van der Waals surface area (Å²) in [6.07, 6.45) is 4.63. The standard InChI is InChI=1S/C13H16BrNO/c1-8-4-10-5-9(7-13(15)2-3-13)6-11(14)12(10)16-8/h5-6,8H,2-4,7,15H2,1H3. The summed E-state index contributed by atoms with van der Waals surface area (Å²) in [5, 5.41) is 0. The van der Waals surface area contributed by atoms with Crippen molar-refractivity contribution in [1.82, 2.24) is 0 Å². The normalized spacial score (nSPS) is 25.1. The van der Waals surface area contributed by atoms with Crippen molar-refractivity contribution >= 4 is 15.9 Å². The molecular weight excluding hydrogens is 266 g/mol. The Morgan fingerprint density at radius 1 is 1.50 bits per heavy atom. The average molecular weight is 282 g/mol. The van der Waals surface area contributed by atoms with Gasteiger partial charge in [-0.15, -0.1) is 0 Å². The average Bonchev–Trinajstić information content (AvgIpc) is 2.76. The highest BCUT2D eigenvalue weighted by atomic mass is 79.9. The number of nitrogens with two attached hydrogens (primary N) is 1. The second kappa shape index (κ2) is 3.47. The quantitative estimate of drug-likeness (QED) is 0.905. The van der Waals surface area contributed by atoms with Gasteiger partial charge in [0.1, 0.15) is 11.9 Å². The fraction of sp³-hybridized carbons (Fsp3) is 0.538. The van der Waals surface area contributed by atoms with Crippen LogP contribution in [0.4, 0.5) is 0 Å². The molecule has 0 saturated heterocycles. The Morgan fingerprint density at radius 3 is 2.94 bits per heavy atom. The van der Waals surface area contributed by atoms with Gasteiger partial charge < -0.3 is 10.5 Å². The second-order valence-electron chi connectivity index (χ2n) is 5.24. The van der Waals surface area contributed by atoms with Gasteiger partial charge in [-0.1, -0.05) is 6.07 Å². The molecule has 2 N–H and O–H groups in total. The zero-order valence-corrected chi connectivity index (χ0v) is 11.0. The molecule has 2 aliphatic rings. The molecule has 86 valence electrons. The van der Waals surface area contributed by atoms with Crippen LogP contribution in [0.3, 0.4) is 0 Å². The number of benzene rings is 1. The van der Waals surface area contributed by atoms with E-state index in [1.165, 1.54) is 11.1 Å². The van der Waals surface area contributed by atoms with Gasteiger partial charge in [0.05, 0.1) is 4.47 Å². The second-order valence-corrected chi connectivity index (χ2v) is 6.09. The van der Waals surface area contributed by atoms with Crippen LogP contribution in [0.2, 0.25) is 0 Å². The predicted octanol–water partition coefficient (Wildman–Crippen LogP) is 2.81. The Labute approximate surface area is 104 Å². The van der Waals surface area contributed by atoms with Crippen molar-refractivity contribution in [3.8, 4) is 5.75 Å². The molecule has 3 rings (SSSR count). The van der Waals surface area contributed by atoms with Crippen LogP contribution in [0.1, 0.15) is 30.9 Å². The topological polar surface area (TPSA) is 35.2 Å². The van der Waals surface area contributed by atoms with E-state index >= 15 is 0 Å². The third-order valence-electron chi connectivity index (χ3n) is 3.46. The van der Waals surface area contributed by atoms with E-state index in [-0.39, 0.29) is 5.54 Å². The zero-order chi connectivity index (χ0) is 11.3. The summed E-state index contributed by atoms with van der Waals surface area (Å²) in [7, 11) is 0. The first-order valence-corrected chi connectivity index (χ1v) is 6.62. The lowest BCUT2D eigenvalue weighted by atomic mass is 10.0. The van der Waals surface area contributed by atoms with E-state index in [2.05, 4.69) is 35.0 Å². The van der Waals surface area contributed by atoms with Crippen molar-refractivity contribution in [2.24, 2.45) is 5.73 Å². The fourth-order valence-electron chi connectivity index (χ4n) is 2.39. The molecule has 1 aliphatic heterocycles. The van der Waals surface area contributed by atoms with Crippen LogP contribution in [0, 0.1) is 0 Å². The third-order valence-corrected chi connectivity index (χ3v) is 4.04. The fourth-order valence-corrected chi connectivity index (χ4v) is 3.04. The van der Waals surface area contributed by atoms with Crippen LogP contribution in [0.15, 0.2) is 16.6 Å². The monoisotopic (exact) mass is 281 g/mol. The summed E-state index contributed by atoms with van der Waals surface area (Å²) in [5.74, 6) is 1.03. The molecule has 1 aromatic carbocycles. The maximum Gasteiger partial charge on any atom is 0.137 e. The van der Waals surface area contributed by atoms with E-state index in [9.17, 15) is 0 Å². The van der Waals surface area contributed by atoms with Crippen LogP contribution in [0.25, 0.3) is 0 Å². The molecule has 1 fully saturated rings. The summed E-state index contributed by atoms with van der Waals surface area (Å²) in [6, 6.07) is 4.42. The maximum atomic E-state index is 6.15. The third kappa shape index (κ3) is 1.87. The van der Waals surface area contributed by atoms with Crippen molar-refractivity contribution in [3.63, 3.8) is 0 Å². The lowest BCUT2D eigenvalue weighted by Crippen LogP contribution is -2.24. The van der Waals surface area contributed by atoms with E-state index in [1.807, 2.05) is 0 Å². The maximum absolute atomic E-state index is 6.15. The molecule has 0 radical (unpaired) electrons. The van der Waals surface area contributed by atoms with Crippen molar-refractivity contribution in [2.45, 2.75) is 44.2 Å². The number of fused-ring (bicyclic) bond motifs is 1. The molecule has 1 heterocycles. The highest BCUT2D eigenvalue weighted by Crippen LogP contribution is 2.40. The lowest BCUT2D eigenvalue weighted by Gasteiger charge is -2.11. The SMILES string of the molecule is CC1Cc2cc(CC3(N)CC3)cc(Br)c2O1. The minimum atomic E-state index is 0.0821. The van der Waals surface area contributed by atoms with E-state index in [1.54, 1.807) is 0 Å². The van der Waals surface area contributed by atoms with Gasteiger partial charge in [-0.2, -0.15) is 0 Å². The summed E-state index contributed by atoms with van der Waals surface area (Å²) >= 11 is 3.59. The summed E-state index contributed by atoms with van der Waals surface area (Å²) in [5.41, 5.74) is 8.89. The Kier molecular flexibility index (Phi) is 2.30. The Morgan fingerprint density at radius 2 is 2.25 bits per heavy atom. The Hall–Kier alpha value is -0.540. The molecule has 1 unspecified atom stereocenters. The molecule has 1 atom stereocenters. The first kappa shape index (κ1) is 10.6. The molecular formula is C13H16BrNO. The highest BCUT2D eigenvalue weighted by molar-refractivity contribution is 9.10. The number of hydrogen-bond donors (Lipinski definition) is 1. The van der Waals surface area contributed by atoms with Crippen molar-refractivity contribution in [1.29, 1.82) is 0 Å². The molecule has 16 heavy (non-hydrogen) atoms. The Balaban J connectivity index is 1.91. The summed E-state index contributed by atoms with van der Waals surface area (Å²) in [4.78, 5) is 0. The molecule has 0 bridgehead atoms. The largest absolute Gasteiger partial charge is 0.489 e. The molecule has 1 aromatic rings. The van der Waals surface area contributed by atoms with Gasteiger partial charge in [-0.3, -0.25) is 0 Å². The first-order chi connectivity index (χ1) is 7.56. The Bertz CT molecular complexity index is 440. The van der Waals surface area contributed by atoms with Crippen LogP contribution < -0.4 is 10.5 Å². The first-order valence-electron chi connectivity index (χ1n) is 5.83. The van der Waals surface area contributed by atoms with Gasteiger partial charge in [0, 0.05) is 12.0 Å². The molecule has 0 amide bonds. The van der Waals surface area contributed by atoms with Crippen molar-refractivity contribution < 1.29 is 4.74 Å². The van der Waals surface area contributed by atoms with Gasteiger partial charge in [-0.05, 0) is 59.3 Å². The van der Waals surface area contributed by atoms with Crippen LogP contribution in [-0.2, 0) is 12.8 Å². The smallest absolute Gasteiger partial charge is 0.137 e. The van der Waals surface area contributed by atoms with Gasteiger partial charge >= 0.3 is 0 Å². The van der Waals surface area contributed by atoms with Crippen molar-refractivity contribution in [3.05, 3.63) is 27.7 Å². The van der Waals surface area contributed by atoms with Gasteiger partial charge in [0.25, 0.3) is 0 Å². The van der Waals surface area contributed by atoms with Gasteiger partial charge in [0.15, 0.2) is 0 Å². The molecule has 0 aromatic heterocycles. The number of hydrogen-bond acceptors (Lipinski definition) is 2. The minimum Gasteiger partial charge on any atom is -0.489 e. The van der Waals surface area contributed by atoms with Gasteiger partial charge in [-0.25, -0.2) is 0 Å². The van der Waals surface area contributed by atoms with E-state index in [0.717, 1.165) is 35.9 Å². The number of halogens is 1. The molecule has 0 spiro atoms.